The molecule has 1 unspecified atom stereocenters. The van der Waals surface area contributed by atoms with Crippen molar-refractivity contribution >= 4 is 23.7 Å². The molecule has 1 aliphatic heterocycles. The topological polar surface area (TPSA) is 96.0 Å². The third kappa shape index (κ3) is 5.14. The second-order valence-corrected chi connectivity index (χ2v) is 4.99. The lowest BCUT2D eigenvalue weighted by atomic mass is 10.2. The average Bonchev–Trinajstić information content (AvgIpc) is 2.77. The number of carbonyl (C=O) groups is 4. The maximum atomic E-state index is 12.0. The molecular weight excluding hydrogens is 278 g/mol. The normalized spacial score (nSPS) is 17.0. The van der Waals surface area contributed by atoms with E-state index in [-0.39, 0.29) is 25.7 Å². The minimum absolute atomic E-state index is 0.00470. The Morgan fingerprint density at radius 1 is 1.38 bits per heavy atom. The van der Waals surface area contributed by atoms with Gasteiger partial charge in [0.2, 0.25) is 5.91 Å². The molecule has 0 aromatic carbocycles. The molecular formula is C13H21N3O5. The summed E-state index contributed by atoms with van der Waals surface area (Å²) in [7, 11) is 3.58. The van der Waals surface area contributed by atoms with Crippen LogP contribution >= 0.6 is 0 Å². The number of carbonyl (C=O) groups excluding carboxylic acids is 4. The van der Waals surface area contributed by atoms with Gasteiger partial charge in [0.25, 0.3) is 11.8 Å². The highest BCUT2D eigenvalue weighted by molar-refractivity contribution is 6.01. The van der Waals surface area contributed by atoms with Crippen LogP contribution in [0.2, 0.25) is 1.41 Å². The summed E-state index contributed by atoms with van der Waals surface area (Å²) in [4.78, 5) is 53.2. The second-order valence-electron chi connectivity index (χ2n) is 4.99. The highest BCUT2D eigenvalue weighted by Crippen LogP contribution is 2.13. The van der Waals surface area contributed by atoms with Crippen LogP contribution in [0.1, 0.15) is 32.6 Å². The third-order valence-electron chi connectivity index (χ3n) is 2.92. The molecule has 0 radical (unpaired) electrons. The molecule has 1 atom stereocenters. The van der Waals surface area contributed by atoms with Crippen molar-refractivity contribution < 1.29 is 25.4 Å². The van der Waals surface area contributed by atoms with E-state index in [0.29, 0.717) is 16.9 Å². The molecule has 1 heterocycles. The molecule has 0 saturated carbocycles. The molecule has 1 rings (SSSR count). The first-order chi connectivity index (χ1) is 10.3. The summed E-state index contributed by atoms with van der Waals surface area (Å²) in [5.74, 6) is -2.68. The van der Waals surface area contributed by atoms with E-state index in [1.165, 1.54) is 0 Å². The van der Waals surface area contributed by atoms with Gasteiger partial charge in [-0.05, 0) is 20.5 Å². The van der Waals surface area contributed by atoms with Crippen molar-refractivity contribution in [3.63, 3.8) is 0 Å². The first kappa shape index (κ1) is 15.4. The average molecular weight is 300 g/mol. The predicted molar refractivity (Wildman–Crippen MR) is 72.6 cm³/mol. The van der Waals surface area contributed by atoms with Crippen molar-refractivity contribution in [2.75, 3.05) is 20.6 Å². The van der Waals surface area contributed by atoms with Crippen LogP contribution in [0.25, 0.3) is 0 Å². The van der Waals surface area contributed by atoms with Gasteiger partial charge in [-0.25, -0.2) is 4.79 Å². The van der Waals surface area contributed by atoms with Crippen molar-refractivity contribution in [3.05, 3.63) is 0 Å². The lowest BCUT2D eigenvalue weighted by molar-refractivity contribution is -0.199. The van der Waals surface area contributed by atoms with Crippen molar-refractivity contribution in [2.45, 2.75) is 38.6 Å². The molecule has 0 aromatic rings. The van der Waals surface area contributed by atoms with E-state index in [1.54, 1.807) is 25.9 Å². The van der Waals surface area contributed by atoms with Crippen LogP contribution in [0.3, 0.4) is 0 Å². The van der Waals surface area contributed by atoms with Crippen LogP contribution in [0, 0.1) is 0 Å². The number of hydroxylamine groups is 2. The van der Waals surface area contributed by atoms with Crippen molar-refractivity contribution in [3.8, 4) is 0 Å². The summed E-state index contributed by atoms with van der Waals surface area (Å²) in [6.45, 7) is 2.06. The van der Waals surface area contributed by atoms with Gasteiger partial charge in [-0.2, -0.15) is 0 Å². The zero-order valence-electron chi connectivity index (χ0n) is 13.5. The van der Waals surface area contributed by atoms with Crippen LogP contribution in [0.5, 0.6) is 0 Å². The molecule has 0 aliphatic carbocycles. The number of hydrogen-bond acceptors (Lipinski definition) is 6. The minimum atomic E-state index is -1.16. The largest absolute Gasteiger partial charge is 0.355 e. The molecule has 3 amide bonds. The van der Waals surface area contributed by atoms with Crippen LogP contribution in [0.15, 0.2) is 0 Å². The van der Waals surface area contributed by atoms with E-state index in [4.69, 9.17) is 6.25 Å². The lowest BCUT2D eigenvalue weighted by Gasteiger charge is -2.19. The summed E-state index contributed by atoms with van der Waals surface area (Å²) in [5, 5.41) is 0.972. The van der Waals surface area contributed by atoms with Crippen LogP contribution in [0.4, 0.5) is 0 Å². The summed E-state index contributed by atoms with van der Waals surface area (Å²) in [5.41, 5.74) is 0. The molecule has 1 saturated heterocycles. The molecule has 1 N–H and O–H groups in total. The number of nitrogens with one attached hydrogen (secondary N) is 1. The third-order valence-corrected chi connectivity index (χ3v) is 2.92. The molecule has 118 valence electrons. The lowest BCUT2D eigenvalue weighted by Crippen LogP contribution is -2.45. The Morgan fingerprint density at radius 3 is 2.43 bits per heavy atom. The fourth-order valence-electron chi connectivity index (χ4n) is 1.68. The van der Waals surface area contributed by atoms with Crippen molar-refractivity contribution in [2.24, 2.45) is 0 Å². The van der Waals surface area contributed by atoms with Crippen LogP contribution in [-0.4, -0.2) is 60.3 Å². The number of hydrogen-bond donors (Lipinski definition) is 1. The zero-order chi connectivity index (χ0) is 16.9. The Morgan fingerprint density at radius 2 is 1.95 bits per heavy atom. The molecule has 1 fully saturated rings. The predicted octanol–water partition coefficient (Wildman–Crippen LogP) is -0.560. The van der Waals surface area contributed by atoms with Gasteiger partial charge < -0.3 is 15.0 Å². The summed E-state index contributed by atoms with van der Waals surface area (Å²) in [6.07, 6.45) is 0.221. The molecule has 0 bridgehead atoms. The number of rotatable bonds is 7. The standard InChI is InChI=1S/C13H21N3O5/c1-4-9(14-10(17)7-8-15(2)3)13(20)21-16-11(18)5-6-12(16)19/h9H,4-8H2,1-3H3,(H,14,17)/i/hD. The second kappa shape index (κ2) is 7.72. The smallest absolute Gasteiger partial charge is 0.343 e. The van der Waals surface area contributed by atoms with E-state index in [0.717, 1.165) is 0 Å². The zero-order valence-corrected chi connectivity index (χ0v) is 12.5. The van der Waals surface area contributed by atoms with Gasteiger partial charge in [0.05, 0.1) is 0 Å². The highest BCUT2D eigenvalue weighted by atomic mass is 16.7. The maximum absolute atomic E-state index is 12.0. The van der Waals surface area contributed by atoms with Crippen LogP contribution < -0.4 is 5.31 Å². The van der Waals surface area contributed by atoms with Gasteiger partial charge in [-0.1, -0.05) is 6.92 Å². The maximum Gasteiger partial charge on any atom is 0.355 e. The fourth-order valence-corrected chi connectivity index (χ4v) is 1.68. The summed E-state index contributed by atoms with van der Waals surface area (Å²) < 4.78 is 7.76. The molecule has 0 spiro atoms. The molecule has 1 aliphatic rings. The molecule has 8 nitrogen and oxygen atoms in total. The first-order valence-corrected chi connectivity index (χ1v) is 6.81. The van der Waals surface area contributed by atoms with E-state index in [2.05, 4.69) is 0 Å². The van der Waals surface area contributed by atoms with E-state index in [9.17, 15) is 19.2 Å². The van der Waals surface area contributed by atoms with Gasteiger partial charge in [-0.15, -0.1) is 5.06 Å². The monoisotopic (exact) mass is 300 g/mol. The Kier molecular flexibility index (Phi) is 5.68. The minimum Gasteiger partial charge on any atom is -0.343 e. The first-order valence-electron chi connectivity index (χ1n) is 7.25. The Balaban J connectivity index is 2.65. The number of nitrogens with zero attached hydrogens (tertiary/aromatic N) is 2. The Hall–Kier alpha value is -1.96. The Labute approximate surface area is 124 Å². The van der Waals surface area contributed by atoms with E-state index in [1.807, 2.05) is 0 Å². The quantitative estimate of drug-likeness (QED) is 0.633. The fraction of sp³-hybridized carbons (Fsp3) is 0.692. The van der Waals surface area contributed by atoms with Gasteiger partial charge in [0, 0.05) is 25.8 Å². The summed E-state index contributed by atoms with van der Waals surface area (Å²) >= 11 is 0. The molecule has 21 heavy (non-hydrogen) atoms. The van der Waals surface area contributed by atoms with Crippen molar-refractivity contribution in [1.29, 1.82) is 0 Å². The van der Waals surface area contributed by atoms with Gasteiger partial charge in [-0.3, -0.25) is 14.4 Å². The SMILES string of the molecule is [2H]N(C(=O)CCN(C)C)C(CC)C(=O)ON1C(=O)CCC1=O. The van der Waals surface area contributed by atoms with Crippen molar-refractivity contribution in [1.82, 2.24) is 15.3 Å². The van der Waals surface area contributed by atoms with E-state index >= 15 is 0 Å². The number of imide groups is 1. The van der Waals surface area contributed by atoms with Gasteiger partial charge >= 0.3 is 5.97 Å². The van der Waals surface area contributed by atoms with E-state index < -0.39 is 29.7 Å². The van der Waals surface area contributed by atoms with Crippen LogP contribution in [-0.2, 0) is 24.0 Å². The molecule has 0 aromatic heterocycles. The summed E-state index contributed by atoms with van der Waals surface area (Å²) in [6, 6.07) is -1.16. The highest BCUT2D eigenvalue weighted by Gasteiger charge is 2.34. The van der Waals surface area contributed by atoms with Gasteiger partial charge in [0.15, 0.2) is 1.41 Å². The Bertz CT molecular complexity index is 453. The number of amides is 3. The molecule has 8 heteroatoms. The van der Waals surface area contributed by atoms with Gasteiger partial charge in [0.1, 0.15) is 6.04 Å².